The molecule has 2 heterocycles. The maximum Gasteiger partial charge on any atom is 0.320 e. The molecule has 1 aliphatic heterocycles. The molecule has 0 aromatic carbocycles. The topological polar surface area (TPSA) is 104 Å². The summed E-state index contributed by atoms with van der Waals surface area (Å²) < 4.78 is 0. The molecule has 4 atom stereocenters. The highest BCUT2D eigenvalue weighted by Crippen LogP contribution is 2.40. The minimum atomic E-state index is -0.710. The highest BCUT2D eigenvalue weighted by atomic mass is 16.4. The van der Waals surface area contributed by atoms with E-state index in [9.17, 15) is 4.79 Å². The zero-order valence-electron chi connectivity index (χ0n) is 11.5. The van der Waals surface area contributed by atoms with E-state index in [0.717, 1.165) is 38.1 Å². The van der Waals surface area contributed by atoms with E-state index in [1.165, 1.54) is 12.8 Å². The molecular formula is C13H21N5O2. The van der Waals surface area contributed by atoms with Crippen LogP contribution in [-0.4, -0.2) is 44.3 Å². The molecule has 1 saturated heterocycles. The zero-order valence-corrected chi connectivity index (χ0v) is 11.5. The van der Waals surface area contributed by atoms with Crippen molar-refractivity contribution in [2.45, 2.75) is 44.6 Å². The molecule has 1 aromatic heterocycles. The Labute approximate surface area is 117 Å². The molecule has 2 aliphatic rings. The third kappa shape index (κ3) is 2.98. The fraction of sp³-hybridized carbons (Fsp3) is 0.846. The second-order valence-electron chi connectivity index (χ2n) is 6.12. The number of hydrogen-bond donors (Lipinski definition) is 3. The molecule has 0 bridgehead atoms. The van der Waals surface area contributed by atoms with Crippen molar-refractivity contribution < 1.29 is 9.90 Å². The number of aromatic nitrogens is 4. The molecule has 7 heteroatoms. The summed E-state index contributed by atoms with van der Waals surface area (Å²) in [7, 11) is 0. The molecular weight excluding hydrogens is 258 g/mol. The Kier molecular flexibility index (Phi) is 3.95. The predicted molar refractivity (Wildman–Crippen MR) is 70.9 cm³/mol. The summed E-state index contributed by atoms with van der Waals surface area (Å²) in [6, 6.07) is -0.353. The molecule has 3 N–H and O–H groups in total. The van der Waals surface area contributed by atoms with Gasteiger partial charge in [0, 0.05) is 6.42 Å². The van der Waals surface area contributed by atoms with Crippen LogP contribution >= 0.6 is 0 Å². The molecule has 2 fully saturated rings. The summed E-state index contributed by atoms with van der Waals surface area (Å²) >= 11 is 0. The number of tetrazole rings is 1. The number of fused-ring (bicyclic) bond motifs is 1. The first-order valence-electron chi connectivity index (χ1n) is 7.41. The van der Waals surface area contributed by atoms with Crippen LogP contribution in [0.2, 0.25) is 0 Å². The second kappa shape index (κ2) is 5.87. The molecule has 0 radical (unpaired) electrons. The lowest BCUT2D eigenvalue weighted by molar-refractivity contribution is -0.141. The fourth-order valence-corrected chi connectivity index (χ4v) is 3.74. The van der Waals surface area contributed by atoms with E-state index in [-0.39, 0.29) is 6.04 Å². The number of carboxylic acid groups (broad SMARTS) is 1. The summed E-state index contributed by atoms with van der Waals surface area (Å²) in [6.45, 7) is 0.861. The molecule has 1 saturated carbocycles. The van der Waals surface area contributed by atoms with E-state index in [4.69, 9.17) is 5.11 Å². The Bertz CT molecular complexity index is 450. The van der Waals surface area contributed by atoms with Crippen molar-refractivity contribution in [1.82, 2.24) is 25.9 Å². The average molecular weight is 279 g/mol. The van der Waals surface area contributed by atoms with Gasteiger partial charge in [0.15, 0.2) is 0 Å². The number of aryl methyl sites for hydroxylation is 1. The first kappa shape index (κ1) is 13.5. The molecule has 110 valence electrons. The number of H-pyrrole nitrogens is 1. The number of carbonyl (C=O) groups is 1. The number of aromatic amines is 1. The Morgan fingerprint density at radius 1 is 1.30 bits per heavy atom. The van der Waals surface area contributed by atoms with Crippen LogP contribution in [-0.2, 0) is 11.2 Å². The van der Waals surface area contributed by atoms with Gasteiger partial charge in [-0.15, -0.1) is 5.10 Å². The molecule has 4 unspecified atom stereocenters. The Balaban J connectivity index is 1.52. The van der Waals surface area contributed by atoms with Crippen molar-refractivity contribution in [2.75, 3.05) is 6.54 Å². The van der Waals surface area contributed by atoms with Crippen LogP contribution in [0.15, 0.2) is 0 Å². The van der Waals surface area contributed by atoms with Gasteiger partial charge in [-0.2, -0.15) is 0 Å². The number of nitrogens with one attached hydrogen (secondary N) is 2. The van der Waals surface area contributed by atoms with Gasteiger partial charge in [0.25, 0.3) is 0 Å². The maximum atomic E-state index is 11.1. The zero-order chi connectivity index (χ0) is 13.9. The van der Waals surface area contributed by atoms with Crippen molar-refractivity contribution in [1.29, 1.82) is 0 Å². The van der Waals surface area contributed by atoms with Gasteiger partial charge in [-0.05, 0) is 60.4 Å². The molecule has 0 amide bonds. The normalized spacial score (nSPS) is 33.6. The van der Waals surface area contributed by atoms with Crippen LogP contribution in [0.1, 0.15) is 37.9 Å². The standard InChI is InChI=1S/C13H21N5O2/c19-13(20)11-6-10-5-8(1-3-9(10)7-14-11)2-4-12-15-17-18-16-12/h8-11,14H,1-7H2,(H,19,20)(H,15,16,17,18). The van der Waals surface area contributed by atoms with Gasteiger partial charge in [-0.25, -0.2) is 5.10 Å². The van der Waals surface area contributed by atoms with E-state index < -0.39 is 5.97 Å². The van der Waals surface area contributed by atoms with Crippen LogP contribution in [0.25, 0.3) is 0 Å². The average Bonchev–Trinajstić information content (AvgIpc) is 2.97. The number of aliphatic carboxylic acids is 1. The van der Waals surface area contributed by atoms with E-state index in [2.05, 4.69) is 25.9 Å². The lowest BCUT2D eigenvalue weighted by atomic mass is 9.69. The molecule has 3 rings (SSSR count). The highest BCUT2D eigenvalue weighted by Gasteiger charge is 2.37. The van der Waals surface area contributed by atoms with Crippen molar-refractivity contribution in [3.05, 3.63) is 5.82 Å². The van der Waals surface area contributed by atoms with Crippen molar-refractivity contribution in [3.63, 3.8) is 0 Å². The van der Waals surface area contributed by atoms with Crippen molar-refractivity contribution in [3.8, 4) is 0 Å². The van der Waals surface area contributed by atoms with Gasteiger partial charge in [-0.3, -0.25) is 4.79 Å². The Morgan fingerprint density at radius 2 is 2.20 bits per heavy atom. The highest BCUT2D eigenvalue weighted by molar-refractivity contribution is 5.73. The first-order chi connectivity index (χ1) is 9.72. The van der Waals surface area contributed by atoms with Gasteiger partial charge in [0.05, 0.1) is 0 Å². The third-order valence-electron chi connectivity index (χ3n) is 4.89. The quantitative estimate of drug-likeness (QED) is 0.746. The van der Waals surface area contributed by atoms with Crippen LogP contribution in [0.4, 0.5) is 0 Å². The minimum Gasteiger partial charge on any atom is -0.480 e. The van der Waals surface area contributed by atoms with Crippen molar-refractivity contribution in [2.24, 2.45) is 17.8 Å². The lowest BCUT2D eigenvalue weighted by Gasteiger charge is -2.41. The van der Waals surface area contributed by atoms with Gasteiger partial charge < -0.3 is 10.4 Å². The molecule has 20 heavy (non-hydrogen) atoms. The van der Waals surface area contributed by atoms with Crippen LogP contribution in [0, 0.1) is 17.8 Å². The summed E-state index contributed by atoms with van der Waals surface area (Å²) in [5.41, 5.74) is 0. The summed E-state index contributed by atoms with van der Waals surface area (Å²) in [5.74, 6) is 2.03. The minimum absolute atomic E-state index is 0.353. The summed E-state index contributed by atoms with van der Waals surface area (Å²) in [5, 5.41) is 26.2. The number of hydrogen-bond acceptors (Lipinski definition) is 5. The van der Waals surface area contributed by atoms with Gasteiger partial charge in [0.1, 0.15) is 11.9 Å². The monoisotopic (exact) mass is 279 g/mol. The van der Waals surface area contributed by atoms with Gasteiger partial charge in [0.2, 0.25) is 0 Å². The second-order valence-corrected chi connectivity index (χ2v) is 6.12. The van der Waals surface area contributed by atoms with Crippen molar-refractivity contribution >= 4 is 5.97 Å². The van der Waals surface area contributed by atoms with Gasteiger partial charge >= 0.3 is 5.97 Å². The fourth-order valence-electron chi connectivity index (χ4n) is 3.74. The smallest absolute Gasteiger partial charge is 0.320 e. The number of piperidine rings is 1. The van der Waals surface area contributed by atoms with Crippen LogP contribution in [0.3, 0.4) is 0 Å². The Morgan fingerprint density at radius 3 is 2.95 bits per heavy atom. The maximum absolute atomic E-state index is 11.1. The summed E-state index contributed by atoms with van der Waals surface area (Å²) in [4.78, 5) is 11.1. The first-order valence-corrected chi connectivity index (χ1v) is 7.41. The number of nitrogens with zero attached hydrogens (tertiary/aromatic N) is 3. The van der Waals surface area contributed by atoms with E-state index in [1.54, 1.807) is 0 Å². The number of carboxylic acids is 1. The third-order valence-corrected chi connectivity index (χ3v) is 4.89. The molecule has 1 aromatic rings. The van der Waals surface area contributed by atoms with Crippen LogP contribution < -0.4 is 5.32 Å². The van der Waals surface area contributed by atoms with Gasteiger partial charge in [-0.1, -0.05) is 6.42 Å². The molecule has 7 nitrogen and oxygen atoms in total. The SMILES string of the molecule is O=C(O)C1CC2CC(CCc3nnn[nH]3)CCC2CN1. The van der Waals surface area contributed by atoms with Crippen LogP contribution in [0.5, 0.6) is 0 Å². The Hall–Kier alpha value is -1.50. The lowest BCUT2D eigenvalue weighted by Crippen LogP contribution is -2.49. The predicted octanol–water partition coefficient (Wildman–Crippen LogP) is 0.611. The molecule has 1 aliphatic carbocycles. The largest absolute Gasteiger partial charge is 0.480 e. The van der Waals surface area contributed by atoms with E-state index in [0.29, 0.717) is 17.8 Å². The number of rotatable bonds is 4. The summed E-state index contributed by atoms with van der Waals surface area (Å²) in [6.07, 6.45) is 6.35. The molecule has 0 spiro atoms. The van der Waals surface area contributed by atoms with E-state index >= 15 is 0 Å². The van der Waals surface area contributed by atoms with E-state index in [1.807, 2.05) is 0 Å².